The average molecular weight is 271 g/mol. The van der Waals surface area contributed by atoms with Crippen LogP contribution in [0.5, 0.6) is 0 Å². The van der Waals surface area contributed by atoms with E-state index in [0.717, 1.165) is 10.0 Å². The van der Waals surface area contributed by atoms with Crippen molar-refractivity contribution in [3.8, 4) is 0 Å². The van der Waals surface area contributed by atoms with Crippen molar-refractivity contribution in [2.24, 2.45) is 0 Å². The van der Waals surface area contributed by atoms with Gasteiger partial charge in [0, 0.05) is 12.4 Å². The van der Waals surface area contributed by atoms with Crippen LogP contribution in [0.3, 0.4) is 0 Å². The van der Waals surface area contributed by atoms with Gasteiger partial charge in [0.2, 0.25) is 0 Å². The Hall–Kier alpha value is -1.63. The molecule has 0 unspecified atom stereocenters. The Balaban J connectivity index is 2.58. The molecule has 0 radical (unpaired) electrons. The second-order valence-corrected chi connectivity index (χ2v) is 5.79. The van der Waals surface area contributed by atoms with Crippen LogP contribution in [0.4, 0.5) is 4.79 Å². The van der Waals surface area contributed by atoms with Crippen LogP contribution in [0.25, 0.3) is 0 Å². The van der Waals surface area contributed by atoms with E-state index in [1.165, 1.54) is 18.4 Å². The van der Waals surface area contributed by atoms with Gasteiger partial charge < -0.3 is 4.74 Å². The van der Waals surface area contributed by atoms with Gasteiger partial charge in [0.15, 0.2) is 0 Å². The fourth-order valence-electron chi connectivity index (χ4n) is 1.12. The van der Waals surface area contributed by atoms with Gasteiger partial charge in [-0.3, -0.25) is 4.79 Å². The molecule has 0 spiro atoms. The van der Waals surface area contributed by atoms with Crippen LogP contribution in [0.15, 0.2) is 5.38 Å². The summed E-state index contributed by atoms with van der Waals surface area (Å²) in [6.07, 6.45) is -0.676. The zero-order valence-corrected chi connectivity index (χ0v) is 11.9. The van der Waals surface area contributed by atoms with E-state index in [2.05, 4.69) is 10.4 Å². The van der Waals surface area contributed by atoms with Gasteiger partial charge in [0.05, 0.1) is 5.01 Å². The molecule has 7 heteroatoms. The topological polar surface area (TPSA) is 71.5 Å². The normalized spacial score (nSPS) is 10.9. The zero-order chi connectivity index (χ0) is 13.9. The maximum absolute atomic E-state index is 11.9. The molecule has 1 aromatic heterocycles. The molecule has 1 rings (SSSR count). The van der Waals surface area contributed by atoms with Crippen molar-refractivity contribution in [3.05, 3.63) is 16.1 Å². The van der Waals surface area contributed by atoms with E-state index in [1.807, 2.05) is 6.92 Å². The van der Waals surface area contributed by atoms with E-state index in [4.69, 9.17) is 4.74 Å². The van der Waals surface area contributed by atoms with Gasteiger partial charge in [-0.15, -0.1) is 11.3 Å². The summed E-state index contributed by atoms with van der Waals surface area (Å²) in [5, 5.41) is 3.50. The van der Waals surface area contributed by atoms with Crippen LogP contribution in [0.2, 0.25) is 0 Å². The Morgan fingerprint density at radius 1 is 1.44 bits per heavy atom. The van der Waals surface area contributed by atoms with Crippen LogP contribution in [-0.2, 0) is 4.74 Å². The highest BCUT2D eigenvalue weighted by atomic mass is 32.1. The van der Waals surface area contributed by atoms with Crippen molar-refractivity contribution < 1.29 is 14.3 Å². The van der Waals surface area contributed by atoms with E-state index in [1.54, 1.807) is 26.2 Å². The molecule has 18 heavy (non-hydrogen) atoms. The first-order chi connectivity index (χ1) is 8.19. The number of ether oxygens (including phenoxy) is 1. The SMILES string of the molecule is Cc1nc(C(=O)N(C)NC(=O)OC(C)(C)C)cs1. The molecule has 0 fully saturated rings. The molecule has 1 heterocycles. The fourth-order valence-corrected chi connectivity index (χ4v) is 1.71. The largest absolute Gasteiger partial charge is 0.443 e. The third-order valence-electron chi connectivity index (χ3n) is 1.80. The average Bonchev–Trinajstić information content (AvgIpc) is 2.60. The van der Waals surface area contributed by atoms with Gasteiger partial charge in [-0.1, -0.05) is 0 Å². The number of aryl methyl sites for hydroxylation is 1. The van der Waals surface area contributed by atoms with Crippen molar-refractivity contribution in [2.75, 3.05) is 7.05 Å². The minimum Gasteiger partial charge on any atom is -0.443 e. The molecule has 0 aliphatic carbocycles. The van der Waals surface area contributed by atoms with Gasteiger partial charge in [-0.05, 0) is 27.7 Å². The summed E-state index contributed by atoms with van der Waals surface area (Å²) in [6.45, 7) is 7.05. The molecule has 100 valence electrons. The quantitative estimate of drug-likeness (QED) is 0.793. The number of rotatable bonds is 1. The zero-order valence-electron chi connectivity index (χ0n) is 11.1. The minimum absolute atomic E-state index is 0.302. The van der Waals surface area contributed by atoms with E-state index < -0.39 is 11.7 Å². The first kappa shape index (κ1) is 14.4. The number of amides is 2. The highest BCUT2D eigenvalue weighted by Gasteiger charge is 2.20. The molecule has 2 amide bonds. The van der Waals surface area contributed by atoms with Crippen molar-refractivity contribution in [3.63, 3.8) is 0 Å². The van der Waals surface area contributed by atoms with E-state index in [0.29, 0.717) is 5.69 Å². The summed E-state index contributed by atoms with van der Waals surface area (Å²) in [5.41, 5.74) is 2.03. The van der Waals surface area contributed by atoms with Crippen LogP contribution in [0, 0.1) is 6.92 Å². The van der Waals surface area contributed by atoms with Crippen LogP contribution >= 0.6 is 11.3 Å². The Labute approximate surface area is 110 Å². The summed E-state index contributed by atoms with van der Waals surface area (Å²) < 4.78 is 5.04. The van der Waals surface area contributed by atoms with Gasteiger partial charge >= 0.3 is 6.09 Å². The Kier molecular flexibility index (Phi) is 4.28. The number of carbonyl (C=O) groups excluding carboxylic acids is 2. The second-order valence-electron chi connectivity index (χ2n) is 4.73. The standard InChI is InChI=1S/C11H17N3O3S/c1-7-12-8(6-18-7)9(15)14(5)13-10(16)17-11(2,3)4/h6H,1-5H3,(H,13,16). The fraction of sp³-hybridized carbons (Fsp3) is 0.545. The maximum atomic E-state index is 11.9. The van der Waals surface area contributed by atoms with Crippen molar-refractivity contribution in [2.45, 2.75) is 33.3 Å². The Bertz CT molecular complexity index is 451. The molecule has 0 aliphatic heterocycles. The number of hydrazine groups is 1. The highest BCUT2D eigenvalue weighted by Crippen LogP contribution is 2.10. The summed E-state index contributed by atoms with van der Waals surface area (Å²) >= 11 is 1.38. The number of aromatic nitrogens is 1. The monoisotopic (exact) mass is 271 g/mol. The van der Waals surface area contributed by atoms with E-state index >= 15 is 0 Å². The molecule has 6 nitrogen and oxygen atoms in total. The second kappa shape index (κ2) is 5.34. The lowest BCUT2D eigenvalue weighted by Crippen LogP contribution is -2.45. The van der Waals surface area contributed by atoms with Crippen molar-refractivity contribution in [1.29, 1.82) is 0 Å². The Morgan fingerprint density at radius 2 is 2.06 bits per heavy atom. The Morgan fingerprint density at radius 3 is 2.50 bits per heavy atom. The molecule has 1 aromatic rings. The minimum atomic E-state index is -0.676. The first-order valence-corrected chi connectivity index (χ1v) is 6.27. The van der Waals surface area contributed by atoms with E-state index in [-0.39, 0.29) is 5.91 Å². The van der Waals surface area contributed by atoms with Gasteiger partial charge in [0.1, 0.15) is 11.3 Å². The van der Waals surface area contributed by atoms with Crippen molar-refractivity contribution >= 4 is 23.3 Å². The molecule has 0 atom stereocenters. The molecule has 0 aromatic carbocycles. The first-order valence-electron chi connectivity index (χ1n) is 5.39. The highest BCUT2D eigenvalue weighted by molar-refractivity contribution is 7.09. The number of thiazole rings is 1. The molecular formula is C11H17N3O3S. The third kappa shape index (κ3) is 4.33. The van der Waals surface area contributed by atoms with Crippen molar-refractivity contribution in [1.82, 2.24) is 15.4 Å². The third-order valence-corrected chi connectivity index (χ3v) is 2.57. The lowest BCUT2D eigenvalue weighted by molar-refractivity contribution is 0.0333. The summed E-state index contributed by atoms with van der Waals surface area (Å²) in [5.74, 6) is -0.384. The van der Waals surface area contributed by atoms with Crippen LogP contribution in [-0.4, -0.2) is 34.6 Å². The van der Waals surface area contributed by atoms with Gasteiger partial charge in [-0.2, -0.15) is 0 Å². The number of carbonyl (C=O) groups is 2. The molecule has 1 N–H and O–H groups in total. The van der Waals surface area contributed by atoms with E-state index in [9.17, 15) is 9.59 Å². The predicted molar refractivity (Wildman–Crippen MR) is 68.3 cm³/mol. The summed E-state index contributed by atoms with van der Waals surface area (Å²) in [4.78, 5) is 27.4. The van der Waals surface area contributed by atoms with Crippen LogP contribution < -0.4 is 5.43 Å². The lowest BCUT2D eigenvalue weighted by atomic mass is 10.2. The predicted octanol–water partition coefficient (Wildman–Crippen LogP) is 1.96. The van der Waals surface area contributed by atoms with Gasteiger partial charge in [-0.25, -0.2) is 20.2 Å². The summed E-state index contributed by atoms with van der Waals surface area (Å²) in [6, 6.07) is 0. The van der Waals surface area contributed by atoms with Gasteiger partial charge in [0.25, 0.3) is 5.91 Å². The molecule has 0 saturated carbocycles. The molecule has 0 bridgehead atoms. The number of hydrogen-bond donors (Lipinski definition) is 1. The van der Waals surface area contributed by atoms with Crippen LogP contribution in [0.1, 0.15) is 36.3 Å². The number of hydrogen-bond acceptors (Lipinski definition) is 5. The molecule has 0 saturated heterocycles. The molecule has 0 aliphatic rings. The lowest BCUT2D eigenvalue weighted by Gasteiger charge is -2.23. The molecular weight excluding hydrogens is 254 g/mol. The smallest absolute Gasteiger partial charge is 0.426 e. The maximum Gasteiger partial charge on any atom is 0.426 e. The summed E-state index contributed by atoms with van der Waals surface area (Å²) in [7, 11) is 1.45. The number of nitrogens with zero attached hydrogens (tertiary/aromatic N) is 2. The number of nitrogens with one attached hydrogen (secondary N) is 1.